The van der Waals surface area contributed by atoms with Crippen LogP contribution in [0, 0.1) is 5.92 Å². The van der Waals surface area contributed by atoms with Gasteiger partial charge in [-0.05, 0) is 56.6 Å². The Balaban J connectivity index is 1.21. The van der Waals surface area contributed by atoms with Gasteiger partial charge in [0.15, 0.2) is 5.13 Å². The molecule has 2 aliphatic rings. The maximum absolute atomic E-state index is 12.4. The molecule has 1 saturated carbocycles. The van der Waals surface area contributed by atoms with Crippen molar-refractivity contribution in [2.75, 3.05) is 24.5 Å². The number of nitrogens with one attached hydrogen (secondary N) is 1. The zero-order valence-electron chi connectivity index (χ0n) is 16.8. The van der Waals surface area contributed by atoms with Crippen LogP contribution in [-0.2, 0) is 22.6 Å². The normalized spacial score (nSPS) is 18.0. The summed E-state index contributed by atoms with van der Waals surface area (Å²) >= 11 is 3.30. The van der Waals surface area contributed by atoms with Crippen LogP contribution in [0.1, 0.15) is 43.2 Å². The van der Waals surface area contributed by atoms with E-state index in [0.717, 1.165) is 69.1 Å². The van der Waals surface area contributed by atoms with Crippen molar-refractivity contribution in [3.05, 3.63) is 33.5 Å². The maximum Gasteiger partial charge on any atom is 0.225 e. The lowest BCUT2D eigenvalue weighted by molar-refractivity contribution is -0.126. The lowest BCUT2D eigenvalue weighted by Crippen LogP contribution is -2.40. The summed E-state index contributed by atoms with van der Waals surface area (Å²) in [5, 5.41) is 8.07. The number of hydrogen-bond acceptors (Lipinski definition) is 6. The summed E-state index contributed by atoms with van der Waals surface area (Å²) < 4.78 is 0. The number of thiazole rings is 1. The molecule has 0 aromatic carbocycles. The molecule has 3 heterocycles. The van der Waals surface area contributed by atoms with Crippen molar-refractivity contribution in [3.8, 4) is 0 Å². The molecule has 1 saturated heterocycles. The fraction of sp³-hybridized carbons (Fsp3) is 0.571. The van der Waals surface area contributed by atoms with E-state index in [2.05, 4.69) is 27.0 Å². The van der Waals surface area contributed by atoms with Gasteiger partial charge >= 0.3 is 0 Å². The second kappa shape index (κ2) is 9.36. The summed E-state index contributed by atoms with van der Waals surface area (Å²) in [5.74, 6) is 0.390. The third-order valence-corrected chi connectivity index (χ3v) is 7.42. The van der Waals surface area contributed by atoms with Crippen LogP contribution in [0.3, 0.4) is 0 Å². The van der Waals surface area contributed by atoms with Crippen molar-refractivity contribution in [2.24, 2.45) is 5.92 Å². The number of carbonyl (C=O) groups is 2. The van der Waals surface area contributed by atoms with E-state index in [1.807, 2.05) is 11.0 Å². The second-order valence-electron chi connectivity index (χ2n) is 7.91. The molecule has 2 fully saturated rings. The molecule has 1 aliphatic heterocycles. The van der Waals surface area contributed by atoms with Crippen molar-refractivity contribution >= 4 is 39.6 Å². The Kier molecular flexibility index (Phi) is 6.62. The molecule has 0 unspecified atom stereocenters. The third-order valence-electron chi connectivity index (χ3n) is 5.59. The van der Waals surface area contributed by atoms with Crippen LogP contribution in [0.25, 0.3) is 0 Å². The molecule has 1 aliphatic carbocycles. The molecule has 4 rings (SSSR count). The zero-order valence-corrected chi connectivity index (χ0v) is 18.4. The standard InChI is InChI=1S/C21H28N4O2S2/c1-15(26)25(18-4-5-18)21-23-17(14-29-21)13-24-10-7-16(8-11-24)20(27)22-9-6-19-3-2-12-28-19/h2-3,12,14,16,18H,4-11,13H2,1H3,(H,22,27). The highest BCUT2D eigenvalue weighted by Gasteiger charge is 2.34. The van der Waals surface area contributed by atoms with Gasteiger partial charge in [0.1, 0.15) is 0 Å². The number of carbonyl (C=O) groups excluding carboxylic acids is 2. The third kappa shape index (κ3) is 5.43. The number of piperidine rings is 1. The lowest BCUT2D eigenvalue weighted by Gasteiger charge is -2.30. The molecule has 0 spiro atoms. The molecule has 0 bridgehead atoms. The van der Waals surface area contributed by atoms with E-state index in [0.29, 0.717) is 6.04 Å². The Bertz CT molecular complexity index is 824. The van der Waals surface area contributed by atoms with Gasteiger partial charge in [-0.25, -0.2) is 4.98 Å². The largest absolute Gasteiger partial charge is 0.355 e. The second-order valence-corrected chi connectivity index (χ2v) is 9.78. The number of nitrogens with zero attached hydrogens (tertiary/aromatic N) is 3. The van der Waals surface area contributed by atoms with Gasteiger partial charge in [-0.2, -0.15) is 0 Å². The minimum absolute atomic E-state index is 0.0827. The molecule has 0 radical (unpaired) electrons. The van der Waals surface area contributed by atoms with Crippen molar-refractivity contribution in [1.29, 1.82) is 0 Å². The molecule has 0 atom stereocenters. The summed E-state index contributed by atoms with van der Waals surface area (Å²) in [7, 11) is 0. The first-order valence-corrected chi connectivity index (χ1v) is 12.1. The summed E-state index contributed by atoms with van der Waals surface area (Å²) in [6, 6.07) is 4.51. The monoisotopic (exact) mass is 432 g/mol. The Morgan fingerprint density at radius 1 is 1.24 bits per heavy atom. The van der Waals surface area contributed by atoms with Crippen molar-refractivity contribution in [1.82, 2.24) is 15.2 Å². The predicted molar refractivity (Wildman–Crippen MR) is 117 cm³/mol. The number of hydrogen-bond donors (Lipinski definition) is 1. The Hall–Kier alpha value is -1.77. The molecule has 2 amide bonds. The molecule has 2 aromatic heterocycles. The minimum atomic E-state index is 0.0827. The number of thiophene rings is 1. The lowest BCUT2D eigenvalue weighted by atomic mass is 9.96. The van der Waals surface area contributed by atoms with E-state index in [1.54, 1.807) is 29.6 Å². The van der Waals surface area contributed by atoms with E-state index in [1.165, 1.54) is 4.88 Å². The van der Waals surface area contributed by atoms with Crippen LogP contribution in [0.4, 0.5) is 5.13 Å². The van der Waals surface area contributed by atoms with E-state index in [-0.39, 0.29) is 17.7 Å². The first-order chi connectivity index (χ1) is 14.1. The fourth-order valence-electron chi connectivity index (χ4n) is 3.85. The van der Waals surface area contributed by atoms with Crippen LogP contribution in [0.15, 0.2) is 22.9 Å². The number of amides is 2. The van der Waals surface area contributed by atoms with Crippen LogP contribution < -0.4 is 10.2 Å². The quantitative estimate of drug-likeness (QED) is 0.695. The predicted octanol–water partition coefficient (Wildman–Crippen LogP) is 3.29. The van der Waals surface area contributed by atoms with Crippen LogP contribution in [-0.4, -0.2) is 47.4 Å². The van der Waals surface area contributed by atoms with Gasteiger partial charge in [0.05, 0.1) is 5.69 Å². The molecule has 6 nitrogen and oxygen atoms in total. The zero-order chi connectivity index (χ0) is 20.2. The molecule has 1 N–H and O–H groups in total. The Labute approximate surface area is 179 Å². The topological polar surface area (TPSA) is 65.5 Å². The molecular weight excluding hydrogens is 404 g/mol. The highest BCUT2D eigenvalue weighted by atomic mass is 32.1. The van der Waals surface area contributed by atoms with Gasteiger partial charge in [-0.15, -0.1) is 22.7 Å². The Morgan fingerprint density at radius 2 is 2.03 bits per heavy atom. The fourth-order valence-corrected chi connectivity index (χ4v) is 5.49. The number of aromatic nitrogens is 1. The number of rotatable bonds is 8. The van der Waals surface area contributed by atoms with Gasteiger partial charge in [0.2, 0.25) is 11.8 Å². The molecular formula is C21H28N4O2S2. The smallest absolute Gasteiger partial charge is 0.225 e. The highest BCUT2D eigenvalue weighted by molar-refractivity contribution is 7.14. The SMILES string of the molecule is CC(=O)N(c1nc(CN2CCC(C(=O)NCCc3cccs3)CC2)cs1)C1CC1. The highest BCUT2D eigenvalue weighted by Crippen LogP contribution is 2.34. The van der Waals surface area contributed by atoms with Crippen molar-refractivity contribution in [3.63, 3.8) is 0 Å². The van der Waals surface area contributed by atoms with E-state index < -0.39 is 0 Å². The van der Waals surface area contributed by atoms with Gasteiger partial charge in [-0.1, -0.05) is 6.07 Å². The minimum Gasteiger partial charge on any atom is -0.355 e. The average molecular weight is 433 g/mol. The average Bonchev–Trinajstić information content (AvgIpc) is 3.19. The number of likely N-dealkylation sites (tertiary alicyclic amines) is 1. The van der Waals surface area contributed by atoms with Crippen LogP contribution in [0.5, 0.6) is 0 Å². The van der Waals surface area contributed by atoms with E-state index >= 15 is 0 Å². The van der Waals surface area contributed by atoms with E-state index in [9.17, 15) is 9.59 Å². The Morgan fingerprint density at radius 3 is 2.69 bits per heavy atom. The van der Waals surface area contributed by atoms with Gasteiger partial charge in [0, 0.05) is 42.2 Å². The summed E-state index contributed by atoms with van der Waals surface area (Å²) in [4.78, 5) is 34.6. The van der Waals surface area contributed by atoms with Crippen molar-refractivity contribution < 1.29 is 9.59 Å². The number of anilines is 1. The molecule has 2 aromatic rings. The summed E-state index contributed by atoms with van der Waals surface area (Å²) in [6.45, 7) is 4.95. The van der Waals surface area contributed by atoms with Crippen LogP contribution in [0.2, 0.25) is 0 Å². The van der Waals surface area contributed by atoms with Crippen LogP contribution >= 0.6 is 22.7 Å². The first-order valence-electron chi connectivity index (χ1n) is 10.4. The molecule has 29 heavy (non-hydrogen) atoms. The summed E-state index contributed by atoms with van der Waals surface area (Å²) in [6.07, 6.45) is 4.86. The summed E-state index contributed by atoms with van der Waals surface area (Å²) in [5.41, 5.74) is 1.02. The van der Waals surface area contributed by atoms with E-state index in [4.69, 9.17) is 4.98 Å². The van der Waals surface area contributed by atoms with Gasteiger partial charge in [-0.3, -0.25) is 19.4 Å². The first kappa shape index (κ1) is 20.5. The van der Waals surface area contributed by atoms with Gasteiger partial charge in [0.25, 0.3) is 0 Å². The maximum atomic E-state index is 12.4. The van der Waals surface area contributed by atoms with Gasteiger partial charge < -0.3 is 5.32 Å². The molecule has 8 heteroatoms. The van der Waals surface area contributed by atoms with Crippen molar-refractivity contribution in [2.45, 2.75) is 51.6 Å². The molecule has 156 valence electrons.